The standard InChI is InChI=1S/C20H23N3O/c1-15-11-18(19(13-21)20(24)22-15)17-8-6-7-16(12-17)14-23-9-4-2-3-5-10-23/h6-8,11-12H,2-5,9-10,14H2,1H3,(H,22,24). The molecule has 0 atom stereocenters. The van der Waals surface area contributed by atoms with Gasteiger partial charge < -0.3 is 4.98 Å². The fraction of sp³-hybridized carbons (Fsp3) is 0.400. The van der Waals surface area contributed by atoms with Crippen LogP contribution in [0.25, 0.3) is 11.1 Å². The minimum Gasteiger partial charge on any atom is -0.325 e. The van der Waals surface area contributed by atoms with Gasteiger partial charge in [0.2, 0.25) is 0 Å². The Kier molecular flexibility index (Phi) is 5.12. The number of benzene rings is 1. The zero-order chi connectivity index (χ0) is 16.9. The maximum Gasteiger partial charge on any atom is 0.266 e. The molecule has 1 N–H and O–H groups in total. The monoisotopic (exact) mass is 321 g/mol. The first-order chi connectivity index (χ1) is 11.7. The summed E-state index contributed by atoms with van der Waals surface area (Å²) in [7, 11) is 0. The summed E-state index contributed by atoms with van der Waals surface area (Å²) in [6.45, 7) is 5.07. The van der Waals surface area contributed by atoms with Crippen molar-refractivity contribution in [2.45, 2.75) is 39.2 Å². The molecule has 24 heavy (non-hydrogen) atoms. The predicted octanol–water partition coefficient (Wildman–Crippen LogP) is 3.60. The molecule has 0 radical (unpaired) electrons. The molecule has 0 amide bonds. The first-order valence-corrected chi connectivity index (χ1v) is 8.63. The highest BCUT2D eigenvalue weighted by Gasteiger charge is 2.13. The van der Waals surface area contributed by atoms with E-state index in [-0.39, 0.29) is 11.1 Å². The van der Waals surface area contributed by atoms with Gasteiger partial charge in [-0.2, -0.15) is 5.26 Å². The number of likely N-dealkylation sites (tertiary alicyclic amines) is 1. The molecule has 3 rings (SSSR count). The van der Waals surface area contributed by atoms with Gasteiger partial charge in [0, 0.05) is 17.8 Å². The van der Waals surface area contributed by atoms with Crippen molar-refractivity contribution in [2.24, 2.45) is 0 Å². The van der Waals surface area contributed by atoms with E-state index in [4.69, 9.17) is 0 Å². The molecule has 0 aliphatic carbocycles. The van der Waals surface area contributed by atoms with Crippen molar-refractivity contribution in [3.63, 3.8) is 0 Å². The van der Waals surface area contributed by atoms with E-state index in [1.807, 2.05) is 31.2 Å². The van der Waals surface area contributed by atoms with Crippen molar-refractivity contribution in [3.05, 3.63) is 57.5 Å². The first kappa shape index (κ1) is 16.5. The molecule has 2 aromatic rings. The van der Waals surface area contributed by atoms with Crippen LogP contribution < -0.4 is 5.56 Å². The van der Waals surface area contributed by atoms with E-state index in [0.29, 0.717) is 0 Å². The van der Waals surface area contributed by atoms with Gasteiger partial charge in [-0.05, 0) is 56.1 Å². The quantitative estimate of drug-likeness (QED) is 0.939. The van der Waals surface area contributed by atoms with Gasteiger partial charge >= 0.3 is 0 Å². The molecule has 4 nitrogen and oxygen atoms in total. The van der Waals surface area contributed by atoms with Gasteiger partial charge in [-0.1, -0.05) is 31.0 Å². The summed E-state index contributed by atoms with van der Waals surface area (Å²) in [5.41, 5.74) is 3.53. The Balaban J connectivity index is 1.91. The molecule has 1 aliphatic rings. The fourth-order valence-electron chi connectivity index (χ4n) is 3.42. The van der Waals surface area contributed by atoms with Crippen LogP contribution in [-0.2, 0) is 6.54 Å². The highest BCUT2D eigenvalue weighted by Crippen LogP contribution is 2.24. The number of aryl methyl sites for hydroxylation is 1. The third kappa shape index (κ3) is 3.74. The van der Waals surface area contributed by atoms with Crippen LogP contribution in [0.5, 0.6) is 0 Å². The Morgan fingerprint density at radius 2 is 1.92 bits per heavy atom. The van der Waals surface area contributed by atoms with Gasteiger partial charge in [0.05, 0.1) is 0 Å². The van der Waals surface area contributed by atoms with Crippen molar-refractivity contribution in [1.82, 2.24) is 9.88 Å². The molecular formula is C20H23N3O. The van der Waals surface area contributed by atoms with Crippen molar-refractivity contribution in [2.75, 3.05) is 13.1 Å². The molecule has 0 bridgehead atoms. The van der Waals surface area contributed by atoms with E-state index < -0.39 is 0 Å². The lowest BCUT2D eigenvalue weighted by molar-refractivity contribution is 0.277. The van der Waals surface area contributed by atoms with Crippen LogP contribution in [0.1, 0.15) is 42.5 Å². The molecule has 1 aliphatic heterocycles. The SMILES string of the molecule is Cc1cc(-c2cccc(CN3CCCCCC3)c2)c(C#N)c(=O)[nH]1. The largest absolute Gasteiger partial charge is 0.325 e. The summed E-state index contributed by atoms with van der Waals surface area (Å²) < 4.78 is 0. The Bertz CT molecular complexity index is 808. The zero-order valence-corrected chi connectivity index (χ0v) is 14.1. The molecule has 0 unspecified atom stereocenters. The number of aromatic amines is 1. The van der Waals surface area contributed by atoms with Crippen molar-refractivity contribution in [3.8, 4) is 17.2 Å². The van der Waals surface area contributed by atoms with E-state index in [1.54, 1.807) is 0 Å². The van der Waals surface area contributed by atoms with Crippen LogP contribution in [0.15, 0.2) is 35.1 Å². The lowest BCUT2D eigenvalue weighted by Gasteiger charge is -2.20. The van der Waals surface area contributed by atoms with Crippen LogP contribution in [0.2, 0.25) is 0 Å². The third-order valence-corrected chi connectivity index (χ3v) is 4.62. The number of rotatable bonds is 3. The molecule has 124 valence electrons. The Morgan fingerprint density at radius 3 is 2.62 bits per heavy atom. The summed E-state index contributed by atoms with van der Waals surface area (Å²) >= 11 is 0. The first-order valence-electron chi connectivity index (χ1n) is 8.63. The highest BCUT2D eigenvalue weighted by atomic mass is 16.1. The second-order valence-electron chi connectivity index (χ2n) is 6.57. The number of pyridine rings is 1. The van der Waals surface area contributed by atoms with Gasteiger partial charge in [0.1, 0.15) is 11.6 Å². The van der Waals surface area contributed by atoms with Crippen LogP contribution in [0, 0.1) is 18.3 Å². The summed E-state index contributed by atoms with van der Waals surface area (Å²) in [5, 5.41) is 9.33. The van der Waals surface area contributed by atoms with Crippen molar-refractivity contribution < 1.29 is 0 Å². The predicted molar refractivity (Wildman–Crippen MR) is 95.7 cm³/mol. The fourth-order valence-corrected chi connectivity index (χ4v) is 3.42. The Labute approximate surface area is 142 Å². The minimum atomic E-state index is -0.314. The number of H-pyrrole nitrogens is 1. The normalized spacial score (nSPS) is 15.7. The molecule has 0 spiro atoms. The minimum absolute atomic E-state index is 0.188. The molecule has 1 aromatic heterocycles. The Hall–Kier alpha value is -2.38. The third-order valence-electron chi connectivity index (χ3n) is 4.62. The van der Waals surface area contributed by atoms with Gasteiger partial charge in [0.25, 0.3) is 5.56 Å². The maximum atomic E-state index is 12.0. The van der Waals surface area contributed by atoms with E-state index in [1.165, 1.54) is 31.2 Å². The molecule has 4 heteroatoms. The summed E-state index contributed by atoms with van der Waals surface area (Å²) in [6, 6.07) is 12.1. The second kappa shape index (κ2) is 7.46. The number of nitrogens with zero attached hydrogens (tertiary/aromatic N) is 2. The summed E-state index contributed by atoms with van der Waals surface area (Å²) in [6.07, 6.45) is 5.19. The summed E-state index contributed by atoms with van der Waals surface area (Å²) in [5.74, 6) is 0. The van der Waals surface area contributed by atoms with Gasteiger partial charge in [-0.3, -0.25) is 9.69 Å². The van der Waals surface area contributed by atoms with E-state index in [0.717, 1.165) is 36.5 Å². The molecule has 0 saturated carbocycles. The number of nitrogens with one attached hydrogen (secondary N) is 1. The summed E-state index contributed by atoms with van der Waals surface area (Å²) in [4.78, 5) is 17.2. The van der Waals surface area contributed by atoms with Crippen LogP contribution in [0.4, 0.5) is 0 Å². The number of nitriles is 1. The van der Waals surface area contributed by atoms with E-state index in [9.17, 15) is 10.1 Å². The lowest BCUT2D eigenvalue weighted by Crippen LogP contribution is -2.23. The number of aromatic nitrogens is 1. The van der Waals surface area contributed by atoms with Gasteiger partial charge in [-0.25, -0.2) is 0 Å². The van der Waals surface area contributed by atoms with E-state index >= 15 is 0 Å². The maximum absolute atomic E-state index is 12.0. The molecular weight excluding hydrogens is 298 g/mol. The van der Waals surface area contributed by atoms with Crippen LogP contribution in [-0.4, -0.2) is 23.0 Å². The highest BCUT2D eigenvalue weighted by molar-refractivity contribution is 5.70. The smallest absolute Gasteiger partial charge is 0.266 e. The molecule has 1 saturated heterocycles. The lowest BCUT2D eigenvalue weighted by atomic mass is 9.99. The topological polar surface area (TPSA) is 59.9 Å². The molecule has 1 fully saturated rings. The molecule has 1 aromatic carbocycles. The average molecular weight is 321 g/mol. The number of hydrogen-bond acceptors (Lipinski definition) is 3. The zero-order valence-electron chi connectivity index (χ0n) is 14.1. The second-order valence-corrected chi connectivity index (χ2v) is 6.57. The van der Waals surface area contributed by atoms with Crippen molar-refractivity contribution >= 4 is 0 Å². The van der Waals surface area contributed by atoms with Gasteiger partial charge in [0.15, 0.2) is 0 Å². The molecule has 2 heterocycles. The average Bonchev–Trinajstić information content (AvgIpc) is 2.83. The van der Waals surface area contributed by atoms with Crippen LogP contribution in [0.3, 0.4) is 0 Å². The van der Waals surface area contributed by atoms with E-state index in [2.05, 4.69) is 22.0 Å². The van der Waals surface area contributed by atoms with Crippen molar-refractivity contribution in [1.29, 1.82) is 5.26 Å². The van der Waals surface area contributed by atoms with Gasteiger partial charge in [-0.15, -0.1) is 0 Å². The number of hydrogen-bond donors (Lipinski definition) is 1. The van der Waals surface area contributed by atoms with Crippen LogP contribution >= 0.6 is 0 Å². The Morgan fingerprint density at radius 1 is 1.17 bits per heavy atom.